The fourth-order valence-electron chi connectivity index (χ4n) is 2.14. The first-order valence-electron chi connectivity index (χ1n) is 12.3. The van der Waals surface area contributed by atoms with Gasteiger partial charge in [-0.3, -0.25) is 18.0 Å². The quantitative estimate of drug-likeness (QED) is 0.0750. The zero-order chi connectivity index (χ0) is 29.5. The molecule has 238 valence electrons. The number of thioether (sulfide) groups is 10. The van der Waals surface area contributed by atoms with Gasteiger partial charge in [-0.15, -0.1) is 47.0 Å². The first-order valence-corrected chi connectivity index (χ1v) is 26.5. The second-order valence-electron chi connectivity index (χ2n) is 7.20. The molecule has 0 radical (unpaired) electrons. The highest BCUT2D eigenvalue weighted by atomic mass is 32.2. The van der Waals surface area contributed by atoms with Gasteiger partial charge < -0.3 is 10.2 Å². The van der Waals surface area contributed by atoms with Crippen LogP contribution in [0, 0.1) is 0 Å². The fraction of sp³-hybridized carbons (Fsp3) is 0.909. The molecular formula is C22H42O6S12. The lowest BCUT2D eigenvalue weighted by atomic mass is 10.9. The molecule has 6 nitrogen and oxygen atoms in total. The van der Waals surface area contributed by atoms with Crippen molar-refractivity contribution in [1.29, 1.82) is 0 Å². The molecule has 40 heavy (non-hydrogen) atoms. The Morgan fingerprint density at radius 1 is 0.475 bits per heavy atom. The molecule has 2 N–H and O–H groups in total. The molecule has 18 heteroatoms. The molecule has 0 aliphatic heterocycles. The van der Waals surface area contributed by atoms with E-state index in [0.29, 0.717) is 49.8 Å². The Morgan fingerprint density at radius 2 is 0.850 bits per heavy atom. The third kappa shape index (κ3) is 33.9. The molecule has 0 heterocycles. The van der Waals surface area contributed by atoms with Crippen LogP contribution in [-0.4, -0.2) is 143 Å². The van der Waals surface area contributed by atoms with Crippen LogP contribution in [0.5, 0.6) is 0 Å². The summed E-state index contributed by atoms with van der Waals surface area (Å²) in [7, 11) is -1.62. The first kappa shape index (κ1) is 43.1. The standard InChI is InChI=1S/C22H42O6S12/c23-1-3-33-17-37-21(25)15-31-7-6-30-12-14-40(28)20-36-10-9-34-18-38-22(26)16-32-8-5-29-11-13-39(27)19-35-4-2-24/h23-24H,1-20H2. The van der Waals surface area contributed by atoms with Gasteiger partial charge in [0.2, 0.25) is 0 Å². The van der Waals surface area contributed by atoms with Crippen molar-refractivity contribution >= 4 is 149 Å². The molecule has 0 aliphatic carbocycles. The van der Waals surface area contributed by atoms with Crippen LogP contribution >= 0.6 is 118 Å². The van der Waals surface area contributed by atoms with Gasteiger partial charge in [-0.1, -0.05) is 23.5 Å². The lowest BCUT2D eigenvalue weighted by Gasteiger charge is -2.04. The molecule has 0 aliphatic rings. The maximum Gasteiger partial charge on any atom is 0.199 e. The summed E-state index contributed by atoms with van der Waals surface area (Å²) >= 11 is 16.1. The van der Waals surface area contributed by atoms with E-state index < -0.39 is 21.6 Å². The summed E-state index contributed by atoms with van der Waals surface area (Å²) in [5, 5.41) is 20.6. The van der Waals surface area contributed by atoms with E-state index >= 15 is 0 Å². The molecule has 0 spiro atoms. The average Bonchev–Trinajstić information content (AvgIpc) is 2.94. The van der Waals surface area contributed by atoms with E-state index in [2.05, 4.69) is 0 Å². The Kier molecular flexibility index (Phi) is 37.6. The van der Waals surface area contributed by atoms with Gasteiger partial charge in [0, 0.05) is 101 Å². The third-order valence-electron chi connectivity index (χ3n) is 3.97. The van der Waals surface area contributed by atoms with E-state index in [-0.39, 0.29) is 23.4 Å². The topological polar surface area (TPSA) is 109 Å². The molecule has 0 fully saturated rings. The van der Waals surface area contributed by atoms with Gasteiger partial charge in [0.1, 0.15) is 0 Å². The molecule has 0 bridgehead atoms. The van der Waals surface area contributed by atoms with Gasteiger partial charge in [0.15, 0.2) is 10.2 Å². The highest BCUT2D eigenvalue weighted by molar-refractivity contribution is 8.25. The lowest BCUT2D eigenvalue weighted by molar-refractivity contribution is -0.109. The van der Waals surface area contributed by atoms with Crippen LogP contribution in [0.2, 0.25) is 0 Å². The summed E-state index contributed by atoms with van der Waals surface area (Å²) < 4.78 is 23.9. The van der Waals surface area contributed by atoms with Gasteiger partial charge in [0.25, 0.3) is 0 Å². The van der Waals surface area contributed by atoms with Crippen molar-refractivity contribution < 1.29 is 28.2 Å². The number of carbonyl (C=O) groups is 2. The van der Waals surface area contributed by atoms with Crippen molar-refractivity contribution in [2.45, 2.75) is 0 Å². The number of hydrogen-bond acceptors (Lipinski definition) is 16. The molecule has 0 aromatic carbocycles. The maximum atomic E-state index is 12.1. The number of carbonyl (C=O) groups excluding carboxylic acids is 2. The van der Waals surface area contributed by atoms with Gasteiger partial charge in [0.05, 0.1) is 34.9 Å². The van der Waals surface area contributed by atoms with Crippen LogP contribution in [0.4, 0.5) is 0 Å². The second kappa shape index (κ2) is 34.9. The van der Waals surface area contributed by atoms with Crippen LogP contribution in [-0.2, 0) is 31.2 Å². The number of hydrogen-bond donors (Lipinski definition) is 2. The summed E-state index contributed by atoms with van der Waals surface area (Å²) in [6.45, 7) is 0.286. The number of aliphatic hydroxyl groups is 2. The van der Waals surface area contributed by atoms with E-state index in [1.165, 1.54) is 35.3 Å². The largest absolute Gasteiger partial charge is 0.396 e. The predicted molar refractivity (Wildman–Crippen MR) is 204 cm³/mol. The van der Waals surface area contributed by atoms with E-state index in [0.717, 1.165) is 51.1 Å². The average molecular weight is 787 g/mol. The van der Waals surface area contributed by atoms with Crippen molar-refractivity contribution in [3.05, 3.63) is 0 Å². The van der Waals surface area contributed by atoms with Crippen molar-refractivity contribution in [3.8, 4) is 0 Å². The summed E-state index contributed by atoms with van der Waals surface area (Å²) in [5.74, 6) is 11.2. The molecule has 0 aromatic heterocycles. The van der Waals surface area contributed by atoms with Crippen molar-refractivity contribution in [2.24, 2.45) is 0 Å². The predicted octanol–water partition coefficient (Wildman–Crippen LogP) is 4.68. The molecule has 0 aromatic rings. The van der Waals surface area contributed by atoms with Crippen molar-refractivity contribution in [3.63, 3.8) is 0 Å². The van der Waals surface area contributed by atoms with E-state index in [1.807, 2.05) is 0 Å². The highest BCUT2D eigenvalue weighted by Gasteiger charge is 2.06. The molecule has 0 amide bonds. The molecule has 0 rings (SSSR count). The molecule has 2 unspecified atom stereocenters. The zero-order valence-corrected chi connectivity index (χ0v) is 32.4. The Bertz CT molecular complexity index is 662. The van der Waals surface area contributed by atoms with E-state index in [4.69, 9.17) is 10.2 Å². The van der Waals surface area contributed by atoms with Crippen LogP contribution in [0.1, 0.15) is 0 Å². The summed E-state index contributed by atoms with van der Waals surface area (Å²) in [4.78, 5) is 23.7. The Hall–Kier alpha value is 3.06. The minimum absolute atomic E-state index is 0.133. The number of rotatable bonds is 31. The van der Waals surface area contributed by atoms with Gasteiger partial charge in [-0.2, -0.15) is 47.0 Å². The summed E-state index contributed by atoms with van der Waals surface area (Å²) in [6, 6.07) is 0. The van der Waals surface area contributed by atoms with Crippen molar-refractivity contribution in [1.82, 2.24) is 0 Å². The SMILES string of the molecule is O=C(CSCCSCCS(=O)CSCCSCSC(=O)CSCCSCCS(=O)CSCCO)SCSCCO. The Morgan fingerprint density at radius 3 is 1.35 bits per heavy atom. The minimum atomic E-state index is -0.818. The monoisotopic (exact) mass is 786 g/mol. The molecular weight excluding hydrogens is 745 g/mol. The van der Waals surface area contributed by atoms with E-state index in [9.17, 15) is 18.0 Å². The summed E-state index contributed by atoms with van der Waals surface area (Å²) in [5.41, 5.74) is 0. The Labute approximate surface area is 288 Å². The summed E-state index contributed by atoms with van der Waals surface area (Å²) in [6.07, 6.45) is 0. The Balaban J connectivity index is 3.37. The molecule has 0 saturated carbocycles. The normalized spacial score (nSPS) is 12.9. The van der Waals surface area contributed by atoms with Gasteiger partial charge >= 0.3 is 0 Å². The van der Waals surface area contributed by atoms with Gasteiger partial charge in [-0.25, -0.2) is 0 Å². The third-order valence-corrected chi connectivity index (χ3v) is 19.4. The molecule has 0 saturated heterocycles. The zero-order valence-electron chi connectivity index (χ0n) is 22.6. The lowest BCUT2D eigenvalue weighted by Crippen LogP contribution is -2.05. The van der Waals surface area contributed by atoms with Crippen LogP contribution in [0.3, 0.4) is 0 Å². The molecule has 2 atom stereocenters. The van der Waals surface area contributed by atoms with E-state index in [1.54, 1.807) is 82.3 Å². The fourth-order valence-corrected chi connectivity index (χ4v) is 15.9. The smallest absolute Gasteiger partial charge is 0.199 e. The van der Waals surface area contributed by atoms with Crippen LogP contribution in [0.25, 0.3) is 0 Å². The number of aliphatic hydroxyl groups excluding tert-OH is 2. The first-order chi connectivity index (χ1) is 19.5. The second-order valence-corrected chi connectivity index (χ2v) is 23.0. The highest BCUT2D eigenvalue weighted by Crippen LogP contribution is 2.19. The van der Waals surface area contributed by atoms with Gasteiger partial charge in [-0.05, 0) is 0 Å². The van der Waals surface area contributed by atoms with Crippen LogP contribution < -0.4 is 0 Å². The van der Waals surface area contributed by atoms with Crippen molar-refractivity contribution in [2.75, 3.05) is 114 Å². The van der Waals surface area contributed by atoms with Crippen LogP contribution in [0.15, 0.2) is 0 Å². The minimum Gasteiger partial charge on any atom is -0.396 e. The maximum absolute atomic E-state index is 12.1.